The van der Waals surface area contributed by atoms with E-state index < -0.39 is 5.97 Å². The highest BCUT2D eigenvalue weighted by molar-refractivity contribution is 5.99. The van der Waals surface area contributed by atoms with E-state index in [2.05, 4.69) is 4.98 Å². The number of carboxylic acid groups (broad SMARTS) is 1. The molecule has 0 saturated carbocycles. The van der Waals surface area contributed by atoms with Crippen molar-refractivity contribution in [3.8, 4) is 0 Å². The number of hydrogen-bond donors (Lipinski definition) is 3. The third kappa shape index (κ3) is 1.21. The van der Waals surface area contributed by atoms with E-state index in [-0.39, 0.29) is 11.3 Å². The lowest BCUT2D eigenvalue weighted by atomic mass is 10.1. The van der Waals surface area contributed by atoms with Crippen LogP contribution in [0.1, 0.15) is 16.1 Å². The minimum atomic E-state index is -0.997. The summed E-state index contributed by atoms with van der Waals surface area (Å²) in [5, 5.41) is 9.71. The molecule has 4 nitrogen and oxygen atoms in total. The van der Waals surface area contributed by atoms with Gasteiger partial charge in [0.05, 0.1) is 5.56 Å². The van der Waals surface area contributed by atoms with Crippen LogP contribution < -0.4 is 5.73 Å². The summed E-state index contributed by atoms with van der Waals surface area (Å²) < 4.78 is 0. The number of hydrogen-bond acceptors (Lipinski definition) is 2. The van der Waals surface area contributed by atoms with Crippen molar-refractivity contribution in [3.05, 3.63) is 29.5 Å². The molecule has 1 aromatic carbocycles. The monoisotopic (exact) mass is 190 g/mol. The number of nitrogens with two attached hydrogens (primary N) is 1. The van der Waals surface area contributed by atoms with Gasteiger partial charge in [0.25, 0.3) is 0 Å². The Balaban J connectivity index is 2.76. The molecule has 1 aromatic heterocycles. The number of aromatic carboxylic acids is 1. The van der Waals surface area contributed by atoms with E-state index in [0.29, 0.717) is 0 Å². The SMILES string of the molecule is Cc1cc2cc(C(=O)O)c(N)cc2[nH]1. The van der Waals surface area contributed by atoms with Gasteiger partial charge in [-0.15, -0.1) is 0 Å². The highest BCUT2D eigenvalue weighted by atomic mass is 16.4. The predicted molar refractivity (Wildman–Crippen MR) is 54.4 cm³/mol. The standard InChI is InChI=1S/C10H10N2O2/c1-5-2-6-3-7(10(13)14)8(11)4-9(6)12-5/h2-4,12H,11H2,1H3,(H,13,14). The third-order valence-electron chi connectivity index (χ3n) is 2.16. The van der Waals surface area contributed by atoms with Gasteiger partial charge in [-0.05, 0) is 25.1 Å². The van der Waals surface area contributed by atoms with Gasteiger partial charge < -0.3 is 15.8 Å². The van der Waals surface area contributed by atoms with Gasteiger partial charge >= 0.3 is 5.97 Å². The van der Waals surface area contributed by atoms with Crippen molar-refractivity contribution in [3.63, 3.8) is 0 Å². The van der Waals surface area contributed by atoms with Crippen LogP contribution in [0.15, 0.2) is 18.2 Å². The second kappa shape index (κ2) is 2.77. The first kappa shape index (κ1) is 8.62. The van der Waals surface area contributed by atoms with E-state index >= 15 is 0 Å². The molecule has 0 atom stereocenters. The fourth-order valence-electron chi connectivity index (χ4n) is 1.53. The molecule has 4 heteroatoms. The van der Waals surface area contributed by atoms with Crippen LogP contribution in [-0.2, 0) is 0 Å². The van der Waals surface area contributed by atoms with E-state index in [1.807, 2.05) is 13.0 Å². The Hall–Kier alpha value is -1.97. The molecule has 0 aliphatic heterocycles. The molecule has 1 heterocycles. The molecule has 14 heavy (non-hydrogen) atoms. The lowest BCUT2D eigenvalue weighted by Crippen LogP contribution is -2.01. The maximum Gasteiger partial charge on any atom is 0.337 e. The molecule has 0 fully saturated rings. The number of carbonyl (C=O) groups is 1. The van der Waals surface area contributed by atoms with Gasteiger partial charge in [-0.3, -0.25) is 0 Å². The second-order valence-electron chi connectivity index (χ2n) is 3.28. The van der Waals surface area contributed by atoms with E-state index in [0.717, 1.165) is 16.6 Å². The van der Waals surface area contributed by atoms with Crippen molar-refractivity contribution in [1.29, 1.82) is 0 Å². The van der Waals surface area contributed by atoms with Crippen molar-refractivity contribution in [2.75, 3.05) is 5.73 Å². The first-order valence-corrected chi connectivity index (χ1v) is 4.20. The van der Waals surface area contributed by atoms with E-state index in [9.17, 15) is 4.79 Å². The molecule has 2 rings (SSSR count). The van der Waals surface area contributed by atoms with E-state index in [1.165, 1.54) is 0 Å². The summed E-state index contributed by atoms with van der Waals surface area (Å²) in [5.74, 6) is -0.997. The number of aromatic nitrogens is 1. The summed E-state index contributed by atoms with van der Waals surface area (Å²) in [6.07, 6.45) is 0. The molecule has 0 amide bonds. The topological polar surface area (TPSA) is 79.1 Å². The molecule has 0 aliphatic rings. The smallest absolute Gasteiger partial charge is 0.337 e. The highest BCUT2D eigenvalue weighted by Gasteiger charge is 2.09. The summed E-state index contributed by atoms with van der Waals surface area (Å²) in [6.45, 7) is 1.91. The zero-order valence-electron chi connectivity index (χ0n) is 7.66. The quantitative estimate of drug-likeness (QED) is 0.599. The number of benzene rings is 1. The number of carboxylic acids is 1. The van der Waals surface area contributed by atoms with Crippen LogP contribution in [-0.4, -0.2) is 16.1 Å². The lowest BCUT2D eigenvalue weighted by Gasteiger charge is -1.99. The molecule has 2 aromatic rings. The minimum Gasteiger partial charge on any atom is -0.478 e. The molecule has 0 bridgehead atoms. The molecule has 0 unspecified atom stereocenters. The second-order valence-corrected chi connectivity index (χ2v) is 3.28. The fourth-order valence-corrected chi connectivity index (χ4v) is 1.53. The van der Waals surface area contributed by atoms with Gasteiger partial charge in [-0.2, -0.15) is 0 Å². The lowest BCUT2D eigenvalue weighted by molar-refractivity contribution is 0.0698. The normalized spacial score (nSPS) is 10.6. The third-order valence-corrected chi connectivity index (χ3v) is 2.16. The van der Waals surface area contributed by atoms with E-state index in [4.69, 9.17) is 10.8 Å². The highest BCUT2D eigenvalue weighted by Crippen LogP contribution is 2.22. The Bertz CT molecular complexity index is 514. The van der Waals surface area contributed by atoms with Gasteiger partial charge in [0.15, 0.2) is 0 Å². The van der Waals surface area contributed by atoms with Crippen molar-refractivity contribution >= 4 is 22.6 Å². The molecule has 4 N–H and O–H groups in total. The molecule has 72 valence electrons. The average molecular weight is 190 g/mol. The van der Waals surface area contributed by atoms with Crippen molar-refractivity contribution < 1.29 is 9.90 Å². The molecular weight excluding hydrogens is 180 g/mol. The average Bonchev–Trinajstić information content (AvgIpc) is 2.42. The van der Waals surface area contributed by atoms with Gasteiger partial charge in [0.1, 0.15) is 0 Å². The number of nitrogen functional groups attached to an aromatic ring is 1. The fraction of sp³-hybridized carbons (Fsp3) is 0.100. The van der Waals surface area contributed by atoms with Crippen LogP contribution in [0.25, 0.3) is 10.9 Å². The first-order valence-electron chi connectivity index (χ1n) is 4.20. The van der Waals surface area contributed by atoms with Gasteiger partial charge in [0.2, 0.25) is 0 Å². The zero-order valence-corrected chi connectivity index (χ0v) is 7.66. The van der Waals surface area contributed by atoms with E-state index in [1.54, 1.807) is 12.1 Å². The van der Waals surface area contributed by atoms with Crippen LogP contribution in [0.3, 0.4) is 0 Å². The molecular formula is C10H10N2O2. The van der Waals surface area contributed by atoms with Crippen molar-refractivity contribution in [1.82, 2.24) is 4.98 Å². The van der Waals surface area contributed by atoms with Crippen LogP contribution in [0, 0.1) is 6.92 Å². The number of rotatable bonds is 1. The maximum atomic E-state index is 10.8. The Morgan fingerprint density at radius 2 is 2.14 bits per heavy atom. The number of aromatic amines is 1. The summed E-state index contributed by atoms with van der Waals surface area (Å²) in [5.41, 5.74) is 7.88. The predicted octanol–water partition coefficient (Wildman–Crippen LogP) is 1.76. The van der Waals surface area contributed by atoms with Gasteiger partial charge in [-0.25, -0.2) is 4.79 Å². The largest absolute Gasteiger partial charge is 0.478 e. The maximum absolute atomic E-state index is 10.8. The van der Waals surface area contributed by atoms with Crippen LogP contribution in [0.4, 0.5) is 5.69 Å². The Morgan fingerprint density at radius 1 is 1.43 bits per heavy atom. The number of fused-ring (bicyclic) bond motifs is 1. The zero-order chi connectivity index (χ0) is 10.3. The van der Waals surface area contributed by atoms with Crippen LogP contribution in [0.5, 0.6) is 0 Å². The summed E-state index contributed by atoms with van der Waals surface area (Å²) >= 11 is 0. The van der Waals surface area contributed by atoms with Gasteiger partial charge in [0, 0.05) is 22.3 Å². The number of H-pyrrole nitrogens is 1. The van der Waals surface area contributed by atoms with Crippen LogP contribution in [0.2, 0.25) is 0 Å². The summed E-state index contributed by atoms with van der Waals surface area (Å²) in [6, 6.07) is 5.11. The summed E-state index contributed by atoms with van der Waals surface area (Å²) in [4.78, 5) is 13.9. The minimum absolute atomic E-state index is 0.150. The molecule has 0 saturated heterocycles. The summed E-state index contributed by atoms with van der Waals surface area (Å²) in [7, 11) is 0. The van der Waals surface area contributed by atoms with Crippen molar-refractivity contribution in [2.24, 2.45) is 0 Å². The Morgan fingerprint density at radius 3 is 2.79 bits per heavy atom. The number of aryl methyl sites for hydroxylation is 1. The van der Waals surface area contributed by atoms with Crippen LogP contribution >= 0.6 is 0 Å². The molecule has 0 spiro atoms. The number of anilines is 1. The Labute approximate surface area is 80.3 Å². The number of nitrogens with one attached hydrogen (secondary N) is 1. The molecule has 0 aliphatic carbocycles. The first-order chi connectivity index (χ1) is 6.58. The Kier molecular flexibility index (Phi) is 1.70. The van der Waals surface area contributed by atoms with Crippen molar-refractivity contribution in [2.45, 2.75) is 6.92 Å². The van der Waals surface area contributed by atoms with Gasteiger partial charge in [-0.1, -0.05) is 0 Å². The molecule has 0 radical (unpaired) electrons.